The first kappa shape index (κ1) is 20.8. The van der Waals surface area contributed by atoms with Gasteiger partial charge >= 0.3 is 0 Å². The van der Waals surface area contributed by atoms with E-state index in [1.54, 1.807) is 12.3 Å². The van der Waals surface area contributed by atoms with Crippen LogP contribution in [-0.2, 0) is 11.3 Å². The van der Waals surface area contributed by atoms with Gasteiger partial charge in [0.1, 0.15) is 5.02 Å². The fraction of sp³-hybridized carbons (Fsp3) is 0.409. The number of benzene rings is 1. The van der Waals surface area contributed by atoms with Gasteiger partial charge in [0, 0.05) is 11.8 Å². The number of rotatable bonds is 7. The molecule has 1 N–H and O–H groups in total. The van der Waals surface area contributed by atoms with E-state index in [0.29, 0.717) is 40.7 Å². The molecule has 1 aliphatic rings. The molecule has 1 aromatic carbocycles. The van der Waals surface area contributed by atoms with Gasteiger partial charge in [0.15, 0.2) is 0 Å². The second-order valence-corrected chi connectivity index (χ2v) is 8.23. The summed E-state index contributed by atoms with van der Waals surface area (Å²) in [7, 11) is 0. The molecule has 0 aliphatic heterocycles. The highest BCUT2D eigenvalue weighted by molar-refractivity contribution is 6.32. The lowest BCUT2D eigenvalue weighted by Crippen LogP contribution is -2.07. The quantitative estimate of drug-likeness (QED) is 0.394. The Morgan fingerprint density at radius 2 is 2.13 bits per heavy atom. The largest absolute Gasteiger partial charge is 0.474 e. The number of hydrogen-bond donors (Lipinski definition) is 1. The van der Waals surface area contributed by atoms with Crippen LogP contribution in [0.4, 0.5) is 0 Å². The predicted molar refractivity (Wildman–Crippen MR) is 113 cm³/mol. The molecule has 2 heterocycles. The van der Waals surface area contributed by atoms with Crippen molar-refractivity contribution in [3.05, 3.63) is 46.1 Å². The summed E-state index contributed by atoms with van der Waals surface area (Å²) in [5.41, 5.74) is 5.26. The number of hydrogen-bond acceptors (Lipinski definition) is 7. The number of aryl methyl sites for hydroxylation is 2. The third-order valence-corrected chi connectivity index (χ3v) is 5.59. The van der Waals surface area contributed by atoms with Gasteiger partial charge in [-0.1, -0.05) is 22.8 Å². The number of ether oxygens (including phenoxy) is 1. The fourth-order valence-corrected chi connectivity index (χ4v) is 4.11. The number of fused-ring (bicyclic) bond motifs is 1. The van der Waals surface area contributed by atoms with Crippen LogP contribution in [0.25, 0.3) is 22.8 Å². The molecule has 0 bridgehead atoms. The molecular weight excluding hydrogens is 406 g/mol. The zero-order chi connectivity index (χ0) is 21.3. The van der Waals surface area contributed by atoms with Crippen molar-refractivity contribution >= 4 is 11.6 Å². The second kappa shape index (κ2) is 8.71. The van der Waals surface area contributed by atoms with E-state index in [1.165, 1.54) is 11.1 Å². The lowest BCUT2D eigenvalue weighted by molar-refractivity contribution is -0.243. The molecule has 0 saturated carbocycles. The van der Waals surface area contributed by atoms with Gasteiger partial charge < -0.3 is 9.26 Å². The van der Waals surface area contributed by atoms with E-state index in [4.69, 9.17) is 26.1 Å². The number of aromatic nitrogens is 3. The third-order valence-electron chi connectivity index (χ3n) is 5.31. The summed E-state index contributed by atoms with van der Waals surface area (Å²) < 4.78 is 11.1. The maximum atomic E-state index is 8.64. The van der Waals surface area contributed by atoms with Crippen molar-refractivity contribution in [2.45, 2.75) is 52.1 Å². The van der Waals surface area contributed by atoms with Gasteiger partial charge in [-0.3, -0.25) is 5.26 Å². The fourth-order valence-electron chi connectivity index (χ4n) is 3.90. The first-order chi connectivity index (χ1) is 14.5. The van der Waals surface area contributed by atoms with Crippen LogP contribution in [0.5, 0.6) is 5.88 Å². The normalized spacial score (nSPS) is 15.6. The highest BCUT2D eigenvalue weighted by atomic mass is 35.5. The average molecular weight is 430 g/mol. The number of halogens is 1. The van der Waals surface area contributed by atoms with E-state index in [9.17, 15) is 0 Å². The van der Waals surface area contributed by atoms with E-state index in [0.717, 1.165) is 30.4 Å². The van der Waals surface area contributed by atoms with Crippen LogP contribution in [0.15, 0.2) is 28.9 Å². The number of pyridine rings is 1. The Hall–Kier alpha value is -2.48. The molecule has 7 nitrogen and oxygen atoms in total. The average Bonchev–Trinajstić information content (AvgIpc) is 3.34. The van der Waals surface area contributed by atoms with Crippen LogP contribution in [0.1, 0.15) is 49.3 Å². The maximum absolute atomic E-state index is 8.64. The minimum atomic E-state index is -0.0191. The molecule has 2 aromatic heterocycles. The third kappa shape index (κ3) is 4.19. The molecule has 0 saturated heterocycles. The Kier molecular flexibility index (Phi) is 6.04. The summed E-state index contributed by atoms with van der Waals surface area (Å²) in [5, 5.41) is 13.2. The lowest BCUT2D eigenvalue weighted by Gasteiger charge is -2.12. The van der Waals surface area contributed by atoms with E-state index < -0.39 is 0 Å². The summed E-state index contributed by atoms with van der Waals surface area (Å²) in [4.78, 5) is 13.1. The number of nitrogens with zero attached hydrogens (tertiary/aromatic N) is 3. The van der Waals surface area contributed by atoms with Gasteiger partial charge in [-0.15, -0.1) is 0 Å². The highest BCUT2D eigenvalue weighted by Crippen LogP contribution is 2.39. The van der Waals surface area contributed by atoms with Crippen molar-refractivity contribution in [1.82, 2.24) is 15.1 Å². The standard InChI is InChI=1S/C22H24ClN3O4/c1-12(2)29-22-19(23)10-16(11-24-22)21-25-20(26-30-21)17-9-15-5-4-14(6-7-28-27)18(15)8-13(17)3/h8-12,14,27H,4-7H2,1-3H3. The zero-order valence-electron chi connectivity index (χ0n) is 17.2. The molecule has 1 unspecified atom stereocenters. The smallest absolute Gasteiger partial charge is 0.259 e. The molecule has 8 heteroatoms. The van der Waals surface area contributed by atoms with E-state index in [1.807, 2.05) is 20.8 Å². The Morgan fingerprint density at radius 3 is 2.87 bits per heavy atom. The van der Waals surface area contributed by atoms with E-state index in [2.05, 4.69) is 32.1 Å². The van der Waals surface area contributed by atoms with Crippen molar-refractivity contribution in [2.24, 2.45) is 0 Å². The molecule has 0 fully saturated rings. The first-order valence-corrected chi connectivity index (χ1v) is 10.4. The summed E-state index contributed by atoms with van der Waals surface area (Å²) in [6, 6.07) is 6.04. The van der Waals surface area contributed by atoms with Crippen molar-refractivity contribution < 1.29 is 19.4 Å². The monoisotopic (exact) mass is 429 g/mol. The Balaban J connectivity index is 1.60. The van der Waals surface area contributed by atoms with Crippen LogP contribution >= 0.6 is 11.6 Å². The summed E-state index contributed by atoms with van der Waals surface area (Å²) in [6.07, 6.45) is 4.44. The minimum Gasteiger partial charge on any atom is -0.474 e. The molecule has 1 atom stereocenters. The minimum absolute atomic E-state index is 0.0191. The van der Waals surface area contributed by atoms with Gasteiger partial charge in [-0.05, 0) is 74.8 Å². The van der Waals surface area contributed by atoms with Crippen LogP contribution in [0.3, 0.4) is 0 Å². The van der Waals surface area contributed by atoms with Gasteiger partial charge in [-0.2, -0.15) is 4.98 Å². The van der Waals surface area contributed by atoms with Crippen molar-refractivity contribution in [3.63, 3.8) is 0 Å². The topological polar surface area (TPSA) is 90.5 Å². The van der Waals surface area contributed by atoms with Crippen LogP contribution in [-0.4, -0.2) is 33.1 Å². The molecule has 0 spiro atoms. The summed E-state index contributed by atoms with van der Waals surface area (Å²) >= 11 is 6.28. The van der Waals surface area contributed by atoms with Crippen LogP contribution in [0.2, 0.25) is 5.02 Å². The SMILES string of the molecule is Cc1cc2c(cc1-c1noc(-c3cnc(OC(C)C)c(Cl)c3)n1)CCC2CCOO. The van der Waals surface area contributed by atoms with Crippen LogP contribution < -0.4 is 4.74 Å². The Morgan fingerprint density at radius 1 is 1.30 bits per heavy atom. The van der Waals surface area contributed by atoms with Crippen molar-refractivity contribution in [3.8, 4) is 28.7 Å². The predicted octanol–water partition coefficient (Wildman–Crippen LogP) is 5.46. The van der Waals surface area contributed by atoms with E-state index in [-0.39, 0.29) is 6.10 Å². The van der Waals surface area contributed by atoms with Gasteiger partial charge in [0.25, 0.3) is 5.89 Å². The second-order valence-electron chi connectivity index (χ2n) is 7.82. The molecular formula is C22H24ClN3O4. The van der Waals surface area contributed by atoms with Crippen LogP contribution in [0, 0.1) is 6.92 Å². The first-order valence-electron chi connectivity index (χ1n) is 10.0. The molecule has 4 rings (SSSR count). The molecule has 0 radical (unpaired) electrons. The molecule has 1 aliphatic carbocycles. The van der Waals surface area contributed by atoms with Gasteiger partial charge in [0.05, 0.1) is 18.3 Å². The van der Waals surface area contributed by atoms with Gasteiger partial charge in [0.2, 0.25) is 11.7 Å². The Bertz CT molecular complexity index is 1050. The molecule has 3 aromatic rings. The Labute approximate surface area is 179 Å². The zero-order valence-corrected chi connectivity index (χ0v) is 17.9. The molecule has 0 amide bonds. The van der Waals surface area contributed by atoms with Crippen molar-refractivity contribution in [2.75, 3.05) is 6.61 Å². The summed E-state index contributed by atoms with van der Waals surface area (Å²) in [5.74, 6) is 1.67. The lowest BCUT2D eigenvalue weighted by atomic mass is 9.94. The van der Waals surface area contributed by atoms with Gasteiger partial charge in [-0.25, -0.2) is 9.87 Å². The molecule has 30 heavy (non-hydrogen) atoms. The summed E-state index contributed by atoms with van der Waals surface area (Å²) in [6.45, 7) is 6.21. The molecule has 158 valence electrons. The van der Waals surface area contributed by atoms with Crippen molar-refractivity contribution in [1.29, 1.82) is 0 Å². The van der Waals surface area contributed by atoms with E-state index >= 15 is 0 Å². The maximum Gasteiger partial charge on any atom is 0.259 e. The highest BCUT2D eigenvalue weighted by Gasteiger charge is 2.25.